The standard InChI is InChI=1S/C13H22N4O2/c1-4-9-6-5-7-10(8-9)19-13-16-11(14-2)15-12(17-13)18-3/h9-10H,4-8H2,1-3H3,(H,14,15,16,17). The van der Waals surface area contributed by atoms with Gasteiger partial charge in [-0.25, -0.2) is 0 Å². The van der Waals surface area contributed by atoms with Crippen molar-refractivity contribution >= 4 is 5.95 Å². The minimum atomic E-state index is 0.204. The second kappa shape index (κ2) is 6.54. The van der Waals surface area contributed by atoms with Crippen LogP contribution in [0.25, 0.3) is 0 Å². The summed E-state index contributed by atoms with van der Waals surface area (Å²) in [6, 6.07) is 0.621. The summed E-state index contributed by atoms with van der Waals surface area (Å²) in [5.41, 5.74) is 0. The van der Waals surface area contributed by atoms with E-state index in [-0.39, 0.29) is 12.1 Å². The van der Waals surface area contributed by atoms with Gasteiger partial charge < -0.3 is 14.8 Å². The van der Waals surface area contributed by atoms with Gasteiger partial charge in [-0.3, -0.25) is 0 Å². The van der Waals surface area contributed by atoms with Gasteiger partial charge in [-0.05, 0) is 25.2 Å². The fraction of sp³-hybridized carbons (Fsp3) is 0.769. The van der Waals surface area contributed by atoms with Gasteiger partial charge in [0.2, 0.25) is 5.95 Å². The second-order valence-corrected chi connectivity index (χ2v) is 4.86. The lowest BCUT2D eigenvalue weighted by Gasteiger charge is -2.28. The number of rotatable bonds is 5. The lowest BCUT2D eigenvalue weighted by Crippen LogP contribution is -2.26. The summed E-state index contributed by atoms with van der Waals surface area (Å²) in [5, 5.41) is 2.88. The summed E-state index contributed by atoms with van der Waals surface area (Å²) in [5.74, 6) is 1.22. The highest BCUT2D eigenvalue weighted by Gasteiger charge is 2.23. The van der Waals surface area contributed by atoms with Gasteiger partial charge in [0.15, 0.2) is 0 Å². The first-order valence-electron chi connectivity index (χ1n) is 6.89. The molecule has 1 fully saturated rings. The first kappa shape index (κ1) is 13.8. The maximum atomic E-state index is 5.89. The molecule has 1 aliphatic carbocycles. The Bertz CT molecular complexity index is 391. The fourth-order valence-electron chi connectivity index (χ4n) is 2.46. The van der Waals surface area contributed by atoms with Gasteiger partial charge in [0.05, 0.1) is 7.11 Å². The zero-order chi connectivity index (χ0) is 13.7. The number of nitrogens with zero attached hydrogens (tertiary/aromatic N) is 3. The Morgan fingerprint density at radius 3 is 2.68 bits per heavy atom. The molecule has 2 atom stereocenters. The third-order valence-electron chi connectivity index (χ3n) is 3.58. The molecule has 0 radical (unpaired) electrons. The number of methoxy groups -OCH3 is 1. The summed E-state index contributed by atoms with van der Waals surface area (Å²) in [7, 11) is 3.29. The van der Waals surface area contributed by atoms with E-state index in [4.69, 9.17) is 9.47 Å². The van der Waals surface area contributed by atoms with Gasteiger partial charge in [-0.15, -0.1) is 4.98 Å². The third kappa shape index (κ3) is 3.68. The number of aromatic nitrogens is 3. The van der Waals surface area contributed by atoms with Crippen molar-refractivity contribution in [1.82, 2.24) is 15.0 Å². The average molecular weight is 266 g/mol. The van der Waals surface area contributed by atoms with E-state index in [1.807, 2.05) is 0 Å². The van der Waals surface area contributed by atoms with Crippen LogP contribution in [0.5, 0.6) is 12.0 Å². The molecule has 0 saturated heterocycles. The van der Waals surface area contributed by atoms with E-state index in [1.165, 1.54) is 26.4 Å². The molecule has 0 aliphatic heterocycles. The summed E-state index contributed by atoms with van der Waals surface area (Å²) >= 11 is 0. The fourth-order valence-corrected chi connectivity index (χ4v) is 2.46. The van der Waals surface area contributed by atoms with E-state index >= 15 is 0 Å². The quantitative estimate of drug-likeness (QED) is 0.881. The van der Waals surface area contributed by atoms with Gasteiger partial charge in [0.1, 0.15) is 6.10 Å². The van der Waals surface area contributed by atoms with Crippen LogP contribution in [0.2, 0.25) is 0 Å². The van der Waals surface area contributed by atoms with Crippen molar-refractivity contribution in [2.45, 2.75) is 45.1 Å². The maximum Gasteiger partial charge on any atom is 0.324 e. The Morgan fingerprint density at radius 1 is 1.21 bits per heavy atom. The highest BCUT2D eigenvalue weighted by atomic mass is 16.5. The zero-order valence-corrected chi connectivity index (χ0v) is 11.8. The molecule has 0 aromatic carbocycles. The van der Waals surface area contributed by atoms with Gasteiger partial charge in [0.25, 0.3) is 0 Å². The average Bonchev–Trinajstić information content (AvgIpc) is 2.47. The van der Waals surface area contributed by atoms with Crippen LogP contribution in [0.3, 0.4) is 0 Å². The van der Waals surface area contributed by atoms with E-state index in [1.54, 1.807) is 7.05 Å². The molecule has 6 heteroatoms. The zero-order valence-electron chi connectivity index (χ0n) is 11.8. The van der Waals surface area contributed by atoms with E-state index in [2.05, 4.69) is 27.2 Å². The van der Waals surface area contributed by atoms with Crippen molar-refractivity contribution < 1.29 is 9.47 Å². The number of hydrogen-bond donors (Lipinski definition) is 1. The Kier molecular flexibility index (Phi) is 4.76. The summed E-state index contributed by atoms with van der Waals surface area (Å²) in [4.78, 5) is 12.4. The lowest BCUT2D eigenvalue weighted by molar-refractivity contribution is 0.110. The van der Waals surface area contributed by atoms with Crippen molar-refractivity contribution in [2.24, 2.45) is 5.92 Å². The highest BCUT2D eigenvalue weighted by Crippen LogP contribution is 2.29. The van der Waals surface area contributed by atoms with Crippen LogP contribution in [-0.2, 0) is 0 Å². The van der Waals surface area contributed by atoms with Gasteiger partial charge >= 0.3 is 12.0 Å². The Labute approximate surface area is 114 Å². The third-order valence-corrected chi connectivity index (χ3v) is 3.58. The number of anilines is 1. The molecule has 1 aromatic heterocycles. The highest BCUT2D eigenvalue weighted by molar-refractivity contribution is 5.26. The molecule has 106 valence electrons. The minimum Gasteiger partial charge on any atom is -0.467 e. The molecule has 1 N–H and O–H groups in total. The van der Waals surface area contributed by atoms with Crippen LogP contribution >= 0.6 is 0 Å². The molecule has 1 saturated carbocycles. The Morgan fingerprint density at radius 2 is 2.00 bits per heavy atom. The number of hydrogen-bond acceptors (Lipinski definition) is 6. The largest absolute Gasteiger partial charge is 0.467 e. The first-order chi connectivity index (χ1) is 9.25. The van der Waals surface area contributed by atoms with Crippen LogP contribution in [0.4, 0.5) is 5.95 Å². The molecule has 6 nitrogen and oxygen atoms in total. The molecule has 0 amide bonds. The molecule has 1 aromatic rings. The van der Waals surface area contributed by atoms with Crippen molar-refractivity contribution in [3.63, 3.8) is 0 Å². The van der Waals surface area contributed by atoms with Crippen LogP contribution in [0.1, 0.15) is 39.0 Å². The van der Waals surface area contributed by atoms with Crippen molar-refractivity contribution in [2.75, 3.05) is 19.5 Å². The predicted molar refractivity (Wildman–Crippen MR) is 72.6 cm³/mol. The number of nitrogens with one attached hydrogen (secondary N) is 1. The molecular weight excluding hydrogens is 244 g/mol. The lowest BCUT2D eigenvalue weighted by atomic mass is 9.86. The Balaban J connectivity index is 2.05. The summed E-state index contributed by atoms with van der Waals surface area (Å²) in [6.07, 6.45) is 6.08. The second-order valence-electron chi connectivity index (χ2n) is 4.86. The smallest absolute Gasteiger partial charge is 0.324 e. The number of ether oxygens (including phenoxy) is 2. The van der Waals surface area contributed by atoms with E-state index in [0.29, 0.717) is 12.0 Å². The SMILES string of the molecule is CCC1CCCC(Oc2nc(NC)nc(OC)n2)C1. The molecule has 1 aliphatic rings. The molecule has 1 heterocycles. The predicted octanol–water partition coefficient (Wildman–Crippen LogP) is 2.27. The van der Waals surface area contributed by atoms with Crippen molar-refractivity contribution in [3.05, 3.63) is 0 Å². The Hall–Kier alpha value is -1.59. The van der Waals surface area contributed by atoms with Crippen LogP contribution in [0.15, 0.2) is 0 Å². The van der Waals surface area contributed by atoms with Crippen LogP contribution in [0, 0.1) is 5.92 Å². The van der Waals surface area contributed by atoms with E-state index in [0.717, 1.165) is 18.8 Å². The first-order valence-corrected chi connectivity index (χ1v) is 6.89. The van der Waals surface area contributed by atoms with Gasteiger partial charge in [-0.2, -0.15) is 9.97 Å². The maximum absolute atomic E-state index is 5.89. The molecule has 0 bridgehead atoms. The minimum absolute atomic E-state index is 0.204. The summed E-state index contributed by atoms with van der Waals surface area (Å²) < 4.78 is 10.9. The molecule has 2 rings (SSSR count). The molecule has 2 unspecified atom stereocenters. The molecule has 0 spiro atoms. The van der Waals surface area contributed by atoms with Crippen LogP contribution < -0.4 is 14.8 Å². The molecular formula is C13H22N4O2. The van der Waals surface area contributed by atoms with Gasteiger partial charge in [0, 0.05) is 7.05 Å². The van der Waals surface area contributed by atoms with Crippen LogP contribution in [-0.4, -0.2) is 35.2 Å². The molecule has 19 heavy (non-hydrogen) atoms. The topological polar surface area (TPSA) is 69.2 Å². The van der Waals surface area contributed by atoms with E-state index < -0.39 is 0 Å². The monoisotopic (exact) mass is 266 g/mol. The summed E-state index contributed by atoms with van der Waals surface area (Å²) in [6.45, 7) is 2.23. The van der Waals surface area contributed by atoms with Gasteiger partial charge in [-0.1, -0.05) is 19.8 Å². The van der Waals surface area contributed by atoms with Crippen molar-refractivity contribution in [3.8, 4) is 12.0 Å². The van der Waals surface area contributed by atoms with E-state index in [9.17, 15) is 0 Å². The van der Waals surface area contributed by atoms with Crippen molar-refractivity contribution in [1.29, 1.82) is 0 Å². The normalized spacial score (nSPS) is 22.9.